The predicted octanol–water partition coefficient (Wildman–Crippen LogP) is 5.64. The summed E-state index contributed by atoms with van der Waals surface area (Å²) in [5.41, 5.74) is 2.54. The second-order valence-electron chi connectivity index (χ2n) is 6.44. The molecule has 0 unspecified atom stereocenters. The molecule has 2 aromatic carbocycles. The van der Waals surface area contributed by atoms with Crippen molar-refractivity contribution in [3.05, 3.63) is 94.2 Å². The molecule has 0 fully saturated rings. The molecule has 0 radical (unpaired) electrons. The summed E-state index contributed by atoms with van der Waals surface area (Å²) in [4.78, 5) is 34.0. The Bertz CT molecular complexity index is 1260. The second kappa shape index (κ2) is 8.61. The average Bonchev–Trinajstić information content (AvgIpc) is 2.77. The zero-order chi connectivity index (χ0) is 21.1. The van der Waals surface area contributed by atoms with Gasteiger partial charge in [-0.15, -0.1) is 0 Å². The second-order valence-corrected chi connectivity index (χ2v) is 7.28. The van der Waals surface area contributed by atoms with E-state index in [2.05, 4.69) is 9.97 Å². The number of Topliss-reactive ketones (excluding diaryl/α,β-unsaturated/α-hetero) is 1. The molecule has 0 saturated carbocycles. The van der Waals surface area contributed by atoms with Crippen molar-refractivity contribution in [2.75, 3.05) is 6.61 Å². The standard InChI is InChI=1S/C23H14Cl2N2O3/c24-15-7-8-17(19(25)10-15)22(28)13-30-23(29)18-11-21(14-4-3-9-26-12-14)27-20-6-2-1-5-16(18)20/h1-12H,13H2. The van der Waals surface area contributed by atoms with Crippen molar-refractivity contribution in [2.45, 2.75) is 0 Å². The molecular formula is C23H14Cl2N2O3. The summed E-state index contributed by atoms with van der Waals surface area (Å²) >= 11 is 11.9. The lowest BCUT2D eigenvalue weighted by atomic mass is 10.1. The smallest absolute Gasteiger partial charge is 0.339 e. The topological polar surface area (TPSA) is 69.2 Å². The first-order chi connectivity index (χ1) is 14.5. The molecule has 4 aromatic rings. The van der Waals surface area contributed by atoms with Crippen molar-refractivity contribution in [1.82, 2.24) is 9.97 Å². The maximum absolute atomic E-state index is 12.8. The number of rotatable bonds is 5. The van der Waals surface area contributed by atoms with Gasteiger partial charge >= 0.3 is 5.97 Å². The van der Waals surface area contributed by atoms with Crippen molar-refractivity contribution in [3.63, 3.8) is 0 Å². The highest BCUT2D eigenvalue weighted by Crippen LogP contribution is 2.25. The minimum absolute atomic E-state index is 0.205. The number of ketones is 1. The molecule has 7 heteroatoms. The van der Waals surface area contributed by atoms with Gasteiger partial charge in [0.05, 0.1) is 21.8 Å². The fourth-order valence-corrected chi connectivity index (χ4v) is 3.52. The van der Waals surface area contributed by atoms with E-state index in [4.69, 9.17) is 27.9 Å². The molecule has 30 heavy (non-hydrogen) atoms. The number of pyridine rings is 2. The van der Waals surface area contributed by atoms with Crippen LogP contribution in [-0.2, 0) is 4.74 Å². The highest BCUT2D eigenvalue weighted by molar-refractivity contribution is 6.36. The van der Waals surface area contributed by atoms with Crippen LogP contribution in [0.5, 0.6) is 0 Å². The number of ether oxygens (including phenoxy) is 1. The molecule has 0 saturated heterocycles. The monoisotopic (exact) mass is 436 g/mol. The van der Waals surface area contributed by atoms with Gasteiger partial charge in [-0.3, -0.25) is 9.78 Å². The molecule has 0 atom stereocenters. The third-order valence-corrected chi connectivity index (χ3v) is 5.01. The Labute approximate surface area is 182 Å². The Balaban J connectivity index is 1.63. The fraction of sp³-hybridized carbons (Fsp3) is 0.0435. The van der Waals surface area contributed by atoms with Crippen molar-refractivity contribution >= 4 is 45.9 Å². The molecule has 0 aliphatic carbocycles. The van der Waals surface area contributed by atoms with Crippen LogP contribution in [0.4, 0.5) is 0 Å². The van der Waals surface area contributed by atoms with Gasteiger partial charge in [-0.1, -0.05) is 41.4 Å². The van der Waals surface area contributed by atoms with E-state index in [9.17, 15) is 9.59 Å². The fourth-order valence-electron chi connectivity index (χ4n) is 3.01. The molecule has 2 heterocycles. The van der Waals surface area contributed by atoms with Crippen molar-refractivity contribution in [2.24, 2.45) is 0 Å². The molecule has 2 aromatic heterocycles. The van der Waals surface area contributed by atoms with E-state index in [-0.39, 0.29) is 10.6 Å². The number of esters is 1. The molecule has 0 N–H and O–H groups in total. The number of aromatic nitrogens is 2. The van der Waals surface area contributed by atoms with Crippen LogP contribution >= 0.6 is 23.2 Å². The summed E-state index contributed by atoms with van der Waals surface area (Å²) in [6, 6.07) is 17.0. The first-order valence-electron chi connectivity index (χ1n) is 8.98. The van der Waals surface area contributed by atoms with Gasteiger partial charge in [-0.05, 0) is 42.5 Å². The molecule has 5 nitrogen and oxygen atoms in total. The van der Waals surface area contributed by atoms with Crippen LogP contribution in [-0.4, -0.2) is 28.3 Å². The Morgan fingerprint density at radius 3 is 2.53 bits per heavy atom. The lowest BCUT2D eigenvalue weighted by Crippen LogP contribution is -2.15. The van der Waals surface area contributed by atoms with E-state index in [1.54, 1.807) is 36.7 Å². The van der Waals surface area contributed by atoms with E-state index in [0.29, 0.717) is 27.2 Å². The number of nitrogens with zero attached hydrogens (tertiary/aromatic N) is 2. The summed E-state index contributed by atoms with van der Waals surface area (Å²) in [5, 5.41) is 1.25. The lowest BCUT2D eigenvalue weighted by molar-refractivity contribution is 0.0476. The van der Waals surface area contributed by atoms with E-state index in [0.717, 1.165) is 5.56 Å². The normalized spacial score (nSPS) is 10.7. The SMILES string of the molecule is O=C(COC(=O)c1cc(-c2cccnc2)nc2ccccc12)c1ccc(Cl)cc1Cl. The van der Waals surface area contributed by atoms with Gasteiger partial charge < -0.3 is 4.74 Å². The summed E-state index contributed by atoms with van der Waals surface area (Å²) in [7, 11) is 0. The maximum atomic E-state index is 12.8. The number of fused-ring (bicyclic) bond motifs is 1. The first-order valence-corrected chi connectivity index (χ1v) is 9.74. The predicted molar refractivity (Wildman–Crippen MR) is 116 cm³/mol. The Morgan fingerprint density at radius 2 is 1.77 bits per heavy atom. The zero-order valence-corrected chi connectivity index (χ0v) is 17.0. The zero-order valence-electron chi connectivity index (χ0n) is 15.5. The summed E-state index contributed by atoms with van der Waals surface area (Å²) in [5.74, 6) is -1.05. The third-order valence-electron chi connectivity index (χ3n) is 4.46. The van der Waals surface area contributed by atoms with Crippen LogP contribution in [0.3, 0.4) is 0 Å². The first kappa shape index (κ1) is 20.0. The third kappa shape index (κ3) is 4.17. The van der Waals surface area contributed by atoms with E-state index in [1.807, 2.05) is 24.3 Å². The van der Waals surface area contributed by atoms with Gasteiger partial charge in [0, 0.05) is 33.9 Å². The molecule has 148 valence electrons. The van der Waals surface area contributed by atoms with Gasteiger partial charge in [0.1, 0.15) is 0 Å². The molecule has 0 aliphatic rings. The maximum Gasteiger partial charge on any atom is 0.339 e. The van der Waals surface area contributed by atoms with Gasteiger partial charge in [0.2, 0.25) is 5.78 Å². The van der Waals surface area contributed by atoms with Crippen LogP contribution in [0.25, 0.3) is 22.2 Å². The Kier molecular flexibility index (Phi) is 5.74. The molecule has 0 aliphatic heterocycles. The van der Waals surface area contributed by atoms with Crippen LogP contribution < -0.4 is 0 Å². The average molecular weight is 437 g/mol. The Hall–Kier alpha value is -3.28. The molecule has 4 rings (SSSR count). The van der Waals surface area contributed by atoms with E-state index >= 15 is 0 Å². The largest absolute Gasteiger partial charge is 0.454 e. The summed E-state index contributed by atoms with van der Waals surface area (Å²) < 4.78 is 5.30. The molecular weight excluding hydrogens is 423 g/mol. The number of para-hydroxylation sites is 1. The number of hydrogen-bond donors (Lipinski definition) is 0. The van der Waals surface area contributed by atoms with Gasteiger partial charge in [0.15, 0.2) is 6.61 Å². The van der Waals surface area contributed by atoms with Crippen LogP contribution in [0.2, 0.25) is 10.0 Å². The molecule has 0 bridgehead atoms. The Morgan fingerprint density at radius 1 is 0.933 bits per heavy atom. The van der Waals surface area contributed by atoms with E-state index < -0.39 is 18.4 Å². The summed E-state index contributed by atoms with van der Waals surface area (Å²) in [6.45, 7) is -0.445. The van der Waals surface area contributed by atoms with Crippen LogP contribution in [0, 0.1) is 0 Å². The van der Waals surface area contributed by atoms with Gasteiger partial charge in [0.25, 0.3) is 0 Å². The number of hydrogen-bond acceptors (Lipinski definition) is 5. The van der Waals surface area contributed by atoms with Crippen molar-refractivity contribution in [3.8, 4) is 11.3 Å². The van der Waals surface area contributed by atoms with Crippen LogP contribution in [0.1, 0.15) is 20.7 Å². The summed E-state index contributed by atoms with van der Waals surface area (Å²) in [6.07, 6.45) is 3.32. The van der Waals surface area contributed by atoms with Crippen molar-refractivity contribution in [1.29, 1.82) is 0 Å². The highest BCUT2D eigenvalue weighted by atomic mass is 35.5. The number of halogens is 2. The van der Waals surface area contributed by atoms with Gasteiger partial charge in [-0.2, -0.15) is 0 Å². The number of benzene rings is 2. The van der Waals surface area contributed by atoms with Gasteiger partial charge in [-0.25, -0.2) is 9.78 Å². The molecule has 0 amide bonds. The quantitative estimate of drug-likeness (QED) is 0.298. The number of carbonyl (C=O) groups is 2. The highest BCUT2D eigenvalue weighted by Gasteiger charge is 2.18. The van der Waals surface area contributed by atoms with E-state index in [1.165, 1.54) is 12.1 Å². The van der Waals surface area contributed by atoms with Crippen LogP contribution in [0.15, 0.2) is 73.1 Å². The minimum Gasteiger partial charge on any atom is -0.454 e. The molecule has 0 spiro atoms. The minimum atomic E-state index is -0.628. The van der Waals surface area contributed by atoms with Crippen molar-refractivity contribution < 1.29 is 14.3 Å². The number of carbonyl (C=O) groups excluding carboxylic acids is 2. The lowest BCUT2D eigenvalue weighted by Gasteiger charge is -2.10.